The quantitative estimate of drug-likeness (QED) is 0.373. The molecule has 23 heavy (non-hydrogen) atoms. The van der Waals surface area contributed by atoms with Crippen LogP contribution in [-0.2, 0) is 40.3 Å². The Kier molecular flexibility index (Phi) is 8.32. The van der Waals surface area contributed by atoms with E-state index in [0.717, 1.165) is 16.7 Å². The molecule has 0 aliphatic rings. The summed E-state index contributed by atoms with van der Waals surface area (Å²) in [6.45, 7) is 0.683. The predicted molar refractivity (Wildman–Crippen MR) is 81.5 cm³/mol. The smallest absolute Gasteiger partial charge is 0.332 e. The first kappa shape index (κ1) is 20.9. The number of nitrogens with two attached hydrogens (primary N) is 1. The van der Waals surface area contributed by atoms with Crippen molar-refractivity contribution in [3.05, 3.63) is 45.4 Å². The van der Waals surface area contributed by atoms with Crippen molar-refractivity contribution in [3.63, 3.8) is 0 Å². The van der Waals surface area contributed by atoms with Gasteiger partial charge in [0, 0.05) is 52.2 Å². The van der Waals surface area contributed by atoms with E-state index in [0.29, 0.717) is 17.7 Å². The normalized spacial score (nSPS) is 9.52. The molecule has 0 saturated heterocycles. The number of hydrogen-bond donors (Lipinski definition) is 3. The Labute approximate surface area is 144 Å². The van der Waals surface area contributed by atoms with E-state index in [4.69, 9.17) is 5.73 Å². The fourth-order valence-corrected chi connectivity index (χ4v) is 1.85. The van der Waals surface area contributed by atoms with Gasteiger partial charge in [0.1, 0.15) is 5.52 Å². The van der Waals surface area contributed by atoms with Crippen LogP contribution in [0.3, 0.4) is 0 Å². The molecule has 0 atom stereocenters. The molecular weight excluding hydrogens is 480 g/mol. The van der Waals surface area contributed by atoms with Gasteiger partial charge in [-0.25, -0.2) is 14.8 Å². The maximum absolute atomic E-state index is 11.4. The van der Waals surface area contributed by atoms with E-state index in [1.165, 1.54) is 17.9 Å². The molecule has 0 aliphatic heterocycles. The molecular formula is C12H19N7O3Os. The predicted octanol–water partition coefficient (Wildman–Crippen LogP) is -1.96. The second-order valence-corrected chi connectivity index (χ2v) is 4.42. The molecule has 0 unspecified atom stereocenters. The summed E-state index contributed by atoms with van der Waals surface area (Å²) in [5.41, 5.74) is 6.39. The number of aryl methyl sites for hydroxylation is 1. The largest absolute Gasteiger partial charge is 0.412 e. The number of fused-ring (bicyclic) bond motifs is 1. The molecule has 10 nitrogen and oxygen atoms in total. The third-order valence-corrected chi connectivity index (χ3v) is 3.00. The van der Waals surface area contributed by atoms with E-state index in [2.05, 4.69) is 19.9 Å². The van der Waals surface area contributed by atoms with Crippen molar-refractivity contribution >= 4 is 11.2 Å². The number of nitrogens with one attached hydrogen (secondary N) is 2. The third-order valence-electron chi connectivity index (χ3n) is 3.00. The fraction of sp³-hybridized carbons (Fsp3) is 0.333. The van der Waals surface area contributed by atoms with Crippen LogP contribution < -0.4 is 17.0 Å². The number of imidazole rings is 2. The van der Waals surface area contributed by atoms with Crippen molar-refractivity contribution in [3.8, 4) is 0 Å². The van der Waals surface area contributed by atoms with Gasteiger partial charge < -0.3 is 21.2 Å². The Morgan fingerprint density at radius 1 is 1.17 bits per heavy atom. The summed E-state index contributed by atoms with van der Waals surface area (Å²) in [5.74, 6) is 0. The number of hydrogen-bond acceptors (Lipinski definition) is 5. The van der Waals surface area contributed by atoms with Crippen molar-refractivity contribution in [2.45, 2.75) is 6.42 Å². The van der Waals surface area contributed by atoms with Crippen molar-refractivity contribution in [1.29, 1.82) is 0 Å². The summed E-state index contributed by atoms with van der Waals surface area (Å²) in [4.78, 5) is 36.2. The first-order chi connectivity index (χ1) is 10.1. The molecule has 3 aromatic rings. The molecule has 0 saturated carbocycles. The summed E-state index contributed by atoms with van der Waals surface area (Å²) in [6, 6.07) is 0. The first-order valence-electron chi connectivity index (χ1n) is 6.32. The maximum Gasteiger partial charge on any atom is 0.332 e. The van der Waals surface area contributed by atoms with Gasteiger partial charge >= 0.3 is 5.69 Å². The molecule has 3 rings (SSSR count). The zero-order valence-corrected chi connectivity index (χ0v) is 15.2. The van der Waals surface area contributed by atoms with Crippen LogP contribution in [0.25, 0.3) is 11.2 Å². The van der Waals surface area contributed by atoms with Gasteiger partial charge in [0.05, 0.1) is 12.7 Å². The molecule has 11 heteroatoms. The number of nitrogens with zero attached hydrogens (tertiary/aromatic N) is 4. The standard InChI is InChI=1S/C7H8N4O2.C5H9N3.H2O.Os/c1-10-5-4(8-3-9-5)6(12)11(2)7(10)13;6-2-1-5-3-7-4-8-5;;/h3H,1-2H3,(H,8,9);3-4H,1-2,6H2,(H,7,8);1H2;. The molecule has 3 heterocycles. The first-order valence-corrected chi connectivity index (χ1v) is 6.32. The molecule has 128 valence electrons. The summed E-state index contributed by atoms with van der Waals surface area (Å²) in [7, 11) is 3.01. The molecule has 0 spiro atoms. The second-order valence-electron chi connectivity index (χ2n) is 4.42. The van der Waals surface area contributed by atoms with Crippen molar-refractivity contribution < 1.29 is 25.3 Å². The van der Waals surface area contributed by atoms with Gasteiger partial charge in [0.15, 0.2) is 5.65 Å². The molecule has 0 amide bonds. The Morgan fingerprint density at radius 3 is 2.43 bits per heavy atom. The third kappa shape index (κ3) is 4.45. The SMILES string of the molecule is Cn1c(=O)c2[nH]cnc2n(C)c1=O.NCCc1cnc[nH]1.O.[Os]. The number of aromatic nitrogens is 6. The van der Waals surface area contributed by atoms with E-state index in [9.17, 15) is 9.59 Å². The van der Waals surface area contributed by atoms with Crippen LogP contribution in [0.15, 0.2) is 28.4 Å². The summed E-state index contributed by atoms with van der Waals surface area (Å²) >= 11 is 0. The number of H-pyrrole nitrogens is 2. The minimum Gasteiger partial charge on any atom is -0.412 e. The average Bonchev–Trinajstić information content (AvgIpc) is 3.15. The average molecular weight is 500 g/mol. The second kappa shape index (κ2) is 9.14. The van der Waals surface area contributed by atoms with Gasteiger partial charge in [-0.2, -0.15) is 0 Å². The summed E-state index contributed by atoms with van der Waals surface area (Å²) in [6.07, 6.45) is 5.73. The van der Waals surface area contributed by atoms with Crippen LogP contribution >= 0.6 is 0 Å². The van der Waals surface area contributed by atoms with Gasteiger partial charge in [-0.05, 0) is 6.54 Å². The monoisotopic (exact) mass is 501 g/mol. The van der Waals surface area contributed by atoms with E-state index in [1.54, 1.807) is 19.6 Å². The van der Waals surface area contributed by atoms with Crippen molar-refractivity contribution in [2.75, 3.05) is 6.54 Å². The van der Waals surface area contributed by atoms with Crippen LogP contribution in [-0.4, -0.2) is 41.1 Å². The molecule has 0 fully saturated rings. The molecule has 6 N–H and O–H groups in total. The molecule has 0 aromatic carbocycles. The zero-order valence-electron chi connectivity index (χ0n) is 12.7. The Morgan fingerprint density at radius 2 is 1.87 bits per heavy atom. The maximum atomic E-state index is 11.4. The van der Waals surface area contributed by atoms with Crippen LogP contribution in [0.2, 0.25) is 0 Å². The van der Waals surface area contributed by atoms with Crippen molar-refractivity contribution in [1.82, 2.24) is 29.1 Å². The molecule has 0 bridgehead atoms. The Balaban J connectivity index is 0.000000425. The van der Waals surface area contributed by atoms with Crippen LogP contribution in [0, 0.1) is 0 Å². The van der Waals surface area contributed by atoms with Gasteiger partial charge in [-0.15, -0.1) is 0 Å². The van der Waals surface area contributed by atoms with Gasteiger partial charge in [-0.1, -0.05) is 0 Å². The summed E-state index contributed by atoms with van der Waals surface area (Å²) < 4.78 is 2.37. The van der Waals surface area contributed by atoms with E-state index in [-0.39, 0.29) is 36.5 Å². The van der Waals surface area contributed by atoms with Crippen LogP contribution in [0.5, 0.6) is 0 Å². The van der Waals surface area contributed by atoms with Crippen LogP contribution in [0.1, 0.15) is 5.69 Å². The number of rotatable bonds is 2. The van der Waals surface area contributed by atoms with E-state index >= 15 is 0 Å². The minimum atomic E-state index is -0.371. The Bertz CT molecular complexity index is 835. The number of aromatic amines is 2. The van der Waals surface area contributed by atoms with Gasteiger partial charge in [-0.3, -0.25) is 13.9 Å². The molecule has 0 radical (unpaired) electrons. The zero-order chi connectivity index (χ0) is 15.4. The van der Waals surface area contributed by atoms with E-state index < -0.39 is 0 Å². The van der Waals surface area contributed by atoms with Gasteiger partial charge in [0.2, 0.25) is 0 Å². The topological polar surface area (TPSA) is 159 Å². The van der Waals surface area contributed by atoms with Crippen LogP contribution in [0.4, 0.5) is 0 Å². The van der Waals surface area contributed by atoms with E-state index in [1.807, 2.05) is 0 Å². The fourth-order valence-electron chi connectivity index (χ4n) is 1.85. The minimum absolute atomic E-state index is 0. The molecule has 3 aromatic heterocycles. The van der Waals surface area contributed by atoms with Gasteiger partial charge in [0.25, 0.3) is 5.56 Å². The molecule has 0 aliphatic carbocycles. The summed E-state index contributed by atoms with van der Waals surface area (Å²) in [5, 5.41) is 0. The van der Waals surface area contributed by atoms with Crippen molar-refractivity contribution in [2.24, 2.45) is 19.8 Å². The Hall–Kier alpha value is -2.08.